The number of unbranched alkanes of at least 4 members (excludes halogenated alkanes) is 2. The van der Waals surface area contributed by atoms with Gasteiger partial charge in [-0.2, -0.15) is 5.26 Å². The highest BCUT2D eigenvalue weighted by atomic mass is 32.2. The zero-order valence-corrected chi connectivity index (χ0v) is 13.3. The van der Waals surface area contributed by atoms with Gasteiger partial charge in [-0.15, -0.1) is 11.8 Å². The van der Waals surface area contributed by atoms with Gasteiger partial charge in [0.15, 0.2) is 0 Å². The number of thioether (sulfide) groups is 1. The van der Waals surface area contributed by atoms with Crippen molar-refractivity contribution < 1.29 is 0 Å². The lowest BCUT2D eigenvalue weighted by atomic mass is 10.1. The summed E-state index contributed by atoms with van der Waals surface area (Å²) in [6, 6.07) is 8.95. The first-order chi connectivity index (χ1) is 9.15. The Labute approximate surface area is 121 Å². The average Bonchev–Trinajstić information content (AvgIpc) is 2.42. The monoisotopic (exact) mass is 276 g/mol. The minimum Gasteiger partial charge on any atom is -0.368 e. The minimum atomic E-state index is 0.418. The van der Waals surface area contributed by atoms with Crippen molar-refractivity contribution in [2.24, 2.45) is 0 Å². The topological polar surface area (TPSA) is 27.0 Å². The first-order valence-electron chi connectivity index (χ1n) is 6.99. The highest BCUT2D eigenvalue weighted by molar-refractivity contribution is 7.98. The fourth-order valence-electron chi connectivity index (χ4n) is 2.23. The molecule has 0 atom stereocenters. The van der Waals surface area contributed by atoms with Crippen LogP contribution in [-0.4, -0.2) is 18.8 Å². The molecule has 0 amide bonds. The SMILES string of the molecule is CCCCCN(c1cccc(SC)c1C#N)C(C)C. The van der Waals surface area contributed by atoms with Crippen LogP contribution in [0.4, 0.5) is 5.69 Å². The fraction of sp³-hybridized carbons (Fsp3) is 0.562. The molecule has 0 heterocycles. The third-order valence-electron chi connectivity index (χ3n) is 3.27. The maximum Gasteiger partial charge on any atom is 0.103 e. The number of rotatable bonds is 7. The highest BCUT2D eigenvalue weighted by Gasteiger charge is 2.16. The van der Waals surface area contributed by atoms with Crippen molar-refractivity contribution in [3.8, 4) is 6.07 Å². The Balaban J connectivity index is 3.05. The van der Waals surface area contributed by atoms with Gasteiger partial charge in [-0.25, -0.2) is 0 Å². The molecule has 2 nitrogen and oxygen atoms in total. The van der Waals surface area contributed by atoms with Crippen LogP contribution in [0.25, 0.3) is 0 Å². The zero-order valence-electron chi connectivity index (χ0n) is 12.4. The summed E-state index contributed by atoms with van der Waals surface area (Å²) in [5, 5.41) is 9.44. The Morgan fingerprint density at radius 3 is 2.58 bits per heavy atom. The van der Waals surface area contributed by atoms with Crippen molar-refractivity contribution in [3.63, 3.8) is 0 Å². The van der Waals surface area contributed by atoms with Gasteiger partial charge in [-0.3, -0.25) is 0 Å². The molecule has 1 rings (SSSR count). The Morgan fingerprint density at radius 2 is 2.05 bits per heavy atom. The molecule has 0 aliphatic carbocycles. The predicted molar refractivity (Wildman–Crippen MR) is 84.9 cm³/mol. The molecule has 0 saturated carbocycles. The van der Waals surface area contributed by atoms with Gasteiger partial charge >= 0.3 is 0 Å². The molecule has 3 heteroatoms. The summed E-state index contributed by atoms with van der Waals surface area (Å²) >= 11 is 1.64. The van der Waals surface area contributed by atoms with E-state index in [2.05, 4.69) is 43.9 Å². The molecule has 0 unspecified atom stereocenters. The van der Waals surface area contributed by atoms with Crippen LogP contribution in [0.2, 0.25) is 0 Å². The van der Waals surface area contributed by atoms with Crippen molar-refractivity contribution in [2.45, 2.75) is 51.0 Å². The third-order valence-corrected chi connectivity index (χ3v) is 4.05. The van der Waals surface area contributed by atoms with Gasteiger partial charge in [0.05, 0.1) is 11.3 Å². The summed E-state index contributed by atoms with van der Waals surface area (Å²) in [7, 11) is 0. The smallest absolute Gasteiger partial charge is 0.103 e. The van der Waals surface area contributed by atoms with Gasteiger partial charge in [-0.1, -0.05) is 25.8 Å². The predicted octanol–water partition coefficient (Wildman–Crippen LogP) is 4.69. The number of anilines is 1. The summed E-state index contributed by atoms with van der Waals surface area (Å²) < 4.78 is 0. The summed E-state index contributed by atoms with van der Waals surface area (Å²) in [5.74, 6) is 0. The highest BCUT2D eigenvalue weighted by Crippen LogP contribution is 2.30. The second-order valence-electron chi connectivity index (χ2n) is 4.96. The van der Waals surface area contributed by atoms with Gasteiger partial charge < -0.3 is 4.90 Å². The lowest BCUT2D eigenvalue weighted by Gasteiger charge is -2.30. The van der Waals surface area contributed by atoms with E-state index in [0.717, 1.165) is 22.7 Å². The van der Waals surface area contributed by atoms with Crippen molar-refractivity contribution in [2.75, 3.05) is 17.7 Å². The zero-order chi connectivity index (χ0) is 14.3. The Morgan fingerprint density at radius 1 is 1.32 bits per heavy atom. The maximum atomic E-state index is 9.44. The number of nitriles is 1. The van der Waals surface area contributed by atoms with E-state index in [1.165, 1.54) is 19.3 Å². The van der Waals surface area contributed by atoms with Crippen LogP contribution < -0.4 is 4.90 Å². The number of benzene rings is 1. The van der Waals surface area contributed by atoms with E-state index < -0.39 is 0 Å². The standard InChI is InChI=1S/C16H24N2S/c1-5-6-7-11-18(13(2)3)15-9-8-10-16(19-4)14(15)12-17/h8-10,13H,5-7,11H2,1-4H3. The van der Waals surface area contributed by atoms with Crippen LogP contribution in [0.15, 0.2) is 23.1 Å². The molecule has 0 aliphatic heterocycles. The van der Waals surface area contributed by atoms with E-state index in [9.17, 15) is 5.26 Å². The van der Waals surface area contributed by atoms with Crippen LogP contribution in [0, 0.1) is 11.3 Å². The molecule has 0 aliphatic rings. The molecular formula is C16H24N2S. The van der Waals surface area contributed by atoms with Gasteiger partial charge in [-0.05, 0) is 38.7 Å². The van der Waals surface area contributed by atoms with Gasteiger partial charge in [0, 0.05) is 17.5 Å². The van der Waals surface area contributed by atoms with Crippen LogP contribution in [0.3, 0.4) is 0 Å². The first-order valence-corrected chi connectivity index (χ1v) is 8.21. The molecule has 0 fully saturated rings. The fourth-order valence-corrected chi connectivity index (χ4v) is 2.80. The Hall–Kier alpha value is -1.14. The number of hydrogen-bond acceptors (Lipinski definition) is 3. The van der Waals surface area contributed by atoms with E-state index in [4.69, 9.17) is 0 Å². The van der Waals surface area contributed by atoms with E-state index in [-0.39, 0.29) is 0 Å². The van der Waals surface area contributed by atoms with Gasteiger partial charge in [0.1, 0.15) is 6.07 Å². The van der Waals surface area contributed by atoms with E-state index >= 15 is 0 Å². The first kappa shape index (κ1) is 15.9. The normalized spacial score (nSPS) is 10.5. The molecular weight excluding hydrogens is 252 g/mol. The molecule has 0 spiro atoms. The molecule has 0 bridgehead atoms. The summed E-state index contributed by atoms with van der Waals surface area (Å²) in [4.78, 5) is 3.43. The lowest BCUT2D eigenvalue weighted by Crippen LogP contribution is -2.32. The molecule has 0 aromatic heterocycles. The van der Waals surface area contributed by atoms with E-state index in [0.29, 0.717) is 6.04 Å². The molecule has 0 N–H and O–H groups in total. The molecule has 104 valence electrons. The van der Waals surface area contributed by atoms with Crippen molar-refractivity contribution >= 4 is 17.4 Å². The van der Waals surface area contributed by atoms with Crippen LogP contribution in [0.5, 0.6) is 0 Å². The Bertz CT molecular complexity index is 435. The number of hydrogen-bond donors (Lipinski definition) is 0. The van der Waals surface area contributed by atoms with Crippen molar-refractivity contribution in [1.29, 1.82) is 5.26 Å². The average molecular weight is 276 g/mol. The molecule has 0 saturated heterocycles. The van der Waals surface area contributed by atoms with Crippen LogP contribution in [-0.2, 0) is 0 Å². The largest absolute Gasteiger partial charge is 0.368 e. The number of nitrogens with zero attached hydrogens (tertiary/aromatic N) is 2. The summed E-state index contributed by atoms with van der Waals surface area (Å²) in [6.07, 6.45) is 5.68. The van der Waals surface area contributed by atoms with Crippen molar-refractivity contribution in [3.05, 3.63) is 23.8 Å². The molecule has 0 radical (unpaired) electrons. The van der Waals surface area contributed by atoms with Gasteiger partial charge in [0.25, 0.3) is 0 Å². The van der Waals surface area contributed by atoms with Crippen LogP contribution in [0.1, 0.15) is 45.6 Å². The summed E-state index contributed by atoms with van der Waals surface area (Å²) in [5.41, 5.74) is 1.90. The third kappa shape index (κ3) is 4.18. The minimum absolute atomic E-state index is 0.418. The lowest BCUT2D eigenvalue weighted by molar-refractivity contribution is 0.625. The summed E-state index contributed by atoms with van der Waals surface area (Å²) in [6.45, 7) is 7.63. The van der Waals surface area contributed by atoms with Crippen molar-refractivity contribution in [1.82, 2.24) is 0 Å². The second kappa shape index (κ2) is 8.12. The molecule has 19 heavy (non-hydrogen) atoms. The van der Waals surface area contributed by atoms with E-state index in [1.54, 1.807) is 11.8 Å². The van der Waals surface area contributed by atoms with Crippen LogP contribution >= 0.6 is 11.8 Å². The van der Waals surface area contributed by atoms with E-state index in [1.807, 2.05) is 12.3 Å². The quantitative estimate of drug-likeness (QED) is 0.534. The molecule has 1 aromatic carbocycles. The second-order valence-corrected chi connectivity index (χ2v) is 5.81. The molecule has 1 aromatic rings. The van der Waals surface area contributed by atoms with Gasteiger partial charge in [0.2, 0.25) is 0 Å². The Kier molecular flexibility index (Phi) is 6.80. The maximum absolute atomic E-state index is 9.44.